The highest BCUT2D eigenvalue weighted by Gasteiger charge is 2.28. The maximum atomic E-state index is 11.5. The lowest BCUT2D eigenvalue weighted by molar-refractivity contribution is 0.599. The van der Waals surface area contributed by atoms with Crippen LogP contribution in [0.5, 0.6) is 0 Å². The lowest BCUT2D eigenvalue weighted by Crippen LogP contribution is -2.44. The topological polar surface area (TPSA) is 99.2 Å². The van der Waals surface area contributed by atoms with E-state index in [2.05, 4.69) is 25.6 Å². The predicted octanol–water partition coefficient (Wildman–Crippen LogP) is 0.848. The van der Waals surface area contributed by atoms with Gasteiger partial charge in [-0.2, -0.15) is 0 Å². The number of aromatic nitrogens is 2. The molecule has 0 radical (unpaired) electrons. The van der Waals surface area contributed by atoms with Gasteiger partial charge < -0.3 is 15.6 Å². The largest absolute Gasteiger partial charge is 0.356 e. The Bertz CT molecular complexity index is 795. The van der Waals surface area contributed by atoms with Gasteiger partial charge in [-0.05, 0) is 25.0 Å². The van der Waals surface area contributed by atoms with Gasteiger partial charge in [-0.3, -0.25) is 4.99 Å². The molecule has 0 amide bonds. The molecule has 8 heteroatoms. The lowest BCUT2D eigenvalue weighted by atomic mass is 10.2. The zero-order valence-electron chi connectivity index (χ0n) is 13.7. The first kappa shape index (κ1) is 16.8. The molecule has 1 fully saturated rings. The van der Waals surface area contributed by atoms with Crippen LogP contribution < -0.4 is 10.6 Å². The molecule has 1 aliphatic heterocycles. The minimum Gasteiger partial charge on any atom is -0.356 e. The fraction of sp³-hybridized carbons (Fsp3) is 0.500. The van der Waals surface area contributed by atoms with Crippen molar-refractivity contribution >= 4 is 26.8 Å². The number of sulfone groups is 1. The number of hydrogen-bond donors (Lipinski definition) is 3. The first-order valence-electron chi connectivity index (χ1n) is 8.17. The fourth-order valence-electron chi connectivity index (χ4n) is 2.88. The third-order valence-corrected chi connectivity index (χ3v) is 5.89. The van der Waals surface area contributed by atoms with Crippen molar-refractivity contribution in [2.75, 3.05) is 25.1 Å². The number of para-hydroxylation sites is 2. The smallest absolute Gasteiger partial charge is 0.191 e. The van der Waals surface area contributed by atoms with Crippen molar-refractivity contribution < 1.29 is 8.42 Å². The van der Waals surface area contributed by atoms with Gasteiger partial charge in [0.1, 0.15) is 5.82 Å². The van der Waals surface area contributed by atoms with E-state index < -0.39 is 9.84 Å². The quantitative estimate of drug-likeness (QED) is 0.422. The zero-order valence-corrected chi connectivity index (χ0v) is 14.6. The van der Waals surface area contributed by atoms with Gasteiger partial charge in [-0.15, -0.1) is 0 Å². The van der Waals surface area contributed by atoms with Gasteiger partial charge in [0.25, 0.3) is 0 Å². The number of benzene rings is 1. The Morgan fingerprint density at radius 3 is 2.96 bits per heavy atom. The van der Waals surface area contributed by atoms with Crippen LogP contribution >= 0.6 is 0 Å². The second-order valence-corrected chi connectivity index (χ2v) is 8.28. The van der Waals surface area contributed by atoms with Crippen LogP contribution in [-0.2, 0) is 16.3 Å². The van der Waals surface area contributed by atoms with Crippen molar-refractivity contribution in [3.63, 3.8) is 0 Å². The molecule has 1 aliphatic rings. The number of aliphatic imine (C=N–C) groups is 1. The summed E-state index contributed by atoms with van der Waals surface area (Å²) in [5.41, 5.74) is 2.04. The molecule has 3 N–H and O–H groups in total. The van der Waals surface area contributed by atoms with E-state index in [9.17, 15) is 8.42 Å². The Labute approximate surface area is 141 Å². The van der Waals surface area contributed by atoms with Crippen molar-refractivity contribution in [3.8, 4) is 0 Å². The van der Waals surface area contributed by atoms with E-state index in [0.29, 0.717) is 12.4 Å². The molecule has 24 heavy (non-hydrogen) atoms. The van der Waals surface area contributed by atoms with Gasteiger partial charge in [0.15, 0.2) is 15.8 Å². The van der Waals surface area contributed by atoms with Crippen LogP contribution in [0.2, 0.25) is 0 Å². The summed E-state index contributed by atoms with van der Waals surface area (Å²) < 4.78 is 23.0. The molecule has 1 aromatic carbocycles. The van der Waals surface area contributed by atoms with Crippen LogP contribution in [0.1, 0.15) is 18.7 Å². The summed E-state index contributed by atoms with van der Waals surface area (Å²) in [5, 5.41) is 6.41. The van der Waals surface area contributed by atoms with E-state index in [-0.39, 0.29) is 17.5 Å². The lowest BCUT2D eigenvalue weighted by Gasteiger charge is -2.15. The predicted molar refractivity (Wildman–Crippen MR) is 96.0 cm³/mol. The van der Waals surface area contributed by atoms with Crippen molar-refractivity contribution in [2.24, 2.45) is 4.99 Å². The second-order valence-electron chi connectivity index (χ2n) is 6.05. The van der Waals surface area contributed by atoms with E-state index in [4.69, 9.17) is 0 Å². The molecule has 2 heterocycles. The van der Waals surface area contributed by atoms with Gasteiger partial charge in [-0.25, -0.2) is 13.4 Å². The number of rotatable bonds is 5. The highest BCUT2D eigenvalue weighted by Crippen LogP contribution is 2.12. The van der Waals surface area contributed by atoms with Crippen LogP contribution in [0.15, 0.2) is 29.3 Å². The number of aryl methyl sites for hydroxylation is 1. The molecule has 130 valence electrons. The van der Waals surface area contributed by atoms with Gasteiger partial charge in [-0.1, -0.05) is 12.1 Å². The molecule has 1 aromatic heterocycles. The molecule has 2 aromatic rings. The third-order valence-electron chi connectivity index (χ3n) is 4.12. The van der Waals surface area contributed by atoms with E-state index >= 15 is 0 Å². The first-order chi connectivity index (χ1) is 11.6. The number of aromatic amines is 1. The molecule has 0 spiro atoms. The summed E-state index contributed by atoms with van der Waals surface area (Å²) in [7, 11) is -1.19. The summed E-state index contributed by atoms with van der Waals surface area (Å²) in [6.45, 7) is 0.746. The Morgan fingerprint density at radius 2 is 2.25 bits per heavy atom. The van der Waals surface area contributed by atoms with Crippen LogP contribution in [0.3, 0.4) is 0 Å². The molecule has 3 rings (SSSR count). The van der Waals surface area contributed by atoms with Crippen LogP contribution in [0, 0.1) is 0 Å². The van der Waals surface area contributed by atoms with Gasteiger partial charge >= 0.3 is 0 Å². The minimum atomic E-state index is -2.88. The number of H-pyrrole nitrogens is 1. The average Bonchev–Trinajstić information content (AvgIpc) is 3.12. The summed E-state index contributed by atoms with van der Waals surface area (Å²) in [4.78, 5) is 12.0. The molecule has 7 nitrogen and oxygen atoms in total. The molecular weight excluding hydrogens is 326 g/mol. The normalized spacial score (nSPS) is 20.4. The number of fused-ring (bicyclic) bond motifs is 1. The minimum absolute atomic E-state index is 0.0448. The van der Waals surface area contributed by atoms with E-state index in [0.717, 1.165) is 36.2 Å². The standard InChI is InChI=1S/C16H23N5O2S/c1-17-16(19-12-8-10-24(22,23)11-12)18-9-4-7-15-20-13-5-2-3-6-14(13)21-15/h2-3,5-6,12H,4,7-11H2,1H3,(H,20,21)(H2,17,18,19). The summed E-state index contributed by atoms with van der Waals surface area (Å²) in [5.74, 6) is 2.07. The zero-order chi connectivity index (χ0) is 17.0. The fourth-order valence-corrected chi connectivity index (χ4v) is 4.56. The number of imidazole rings is 1. The molecule has 1 saturated heterocycles. The molecule has 1 unspecified atom stereocenters. The monoisotopic (exact) mass is 349 g/mol. The maximum absolute atomic E-state index is 11.5. The molecular formula is C16H23N5O2S. The van der Waals surface area contributed by atoms with Crippen molar-refractivity contribution in [1.82, 2.24) is 20.6 Å². The highest BCUT2D eigenvalue weighted by molar-refractivity contribution is 7.91. The summed E-state index contributed by atoms with van der Waals surface area (Å²) in [6, 6.07) is 7.94. The summed E-state index contributed by atoms with van der Waals surface area (Å²) >= 11 is 0. The first-order valence-corrected chi connectivity index (χ1v) is 9.99. The highest BCUT2D eigenvalue weighted by atomic mass is 32.2. The van der Waals surface area contributed by atoms with Crippen LogP contribution in [0.25, 0.3) is 11.0 Å². The number of guanidine groups is 1. The summed E-state index contributed by atoms with van der Waals surface area (Å²) in [6.07, 6.45) is 2.39. The number of hydrogen-bond acceptors (Lipinski definition) is 4. The third kappa shape index (κ3) is 4.25. The number of nitrogens with zero attached hydrogens (tertiary/aromatic N) is 2. The second kappa shape index (κ2) is 7.21. The molecule has 0 saturated carbocycles. The maximum Gasteiger partial charge on any atom is 0.191 e. The van der Waals surface area contributed by atoms with Crippen LogP contribution in [-0.4, -0.2) is 55.5 Å². The Balaban J connectivity index is 1.43. The number of nitrogens with one attached hydrogen (secondary N) is 3. The van der Waals surface area contributed by atoms with Gasteiger partial charge in [0.2, 0.25) is 0 Å². The Hall–Kier alpha value is -2.09. The average molecular weight is 349 g/mol. The molecule has 0 bridgehead atoms. The van der Waals surface area contributed by atoms with Crippen molar-refractivity contribution in [1.29, 1.82) is 0 Å². The van der Waals surface area contributed by atoms with Crippen molar-refractivity contribution in [3.05, 3.63) is 30.1 Å². The Kier molecular flexibility index (Phi) is 5.03. The van der Waals surface area contributed by atoms with E-state index in [1.54, 1.807) is 7.05 Å². The van der Waals surface area contributed by atoms with Crippen molar-refractivity contribution in [2.45, 2.75) is 25.3 Å². The van der Waals surface area contributed by atoms with Crippen LogP contribution in [0.4, 0.5) is 0 Å². The molecule has 0 aliphatic carbocycles. The Morgan fingerprint density at radius 1 is 1.42 bits per heavy atom. The van der Waals surface area contributed by atoms with Gasteiger partial charge in [0, 0.05) is 26.1 Å². The molecule has 1 atom stereocenters. The SMILES string of the molecule is CN=C(NCCCc1nc2ccccc2[nH]1)NC1CCS(=O)(=O)C1. The van der Waals surface area contributed by atoms with E-state index in [1.165, 1.54) is 0 Å². The van der Waals surface area contributed by atoms with Gasteiger partial charge in [0.05, 0.1) is 22.5 Å². The van der Waals surface area contributed by atoms with E-state index in [1.807, 2.05) is 24.3 Å².